The van der Waals surface area contributed by atoms with Crippen LogP contribution in [0.4, 0.5) is 0 Å². The van der Waals surface area contributed by atoms with E-state index in [0.717, 1.165) is 5.52 Å². The van der Waals surface area contributed by atoms with Crippen LogP contribution in [-0.4, -0.2) is 16.1 Å². The quantitative estimate of drug-likeness (QED) is 0.861. The van der Waals surface area contributed by atoms with Crippen LogP contribution in [0, 0.1) is 5.92 Å². The summed E-state index contributed by atoms with van der Waals surface area (Å²) in [7, 11) is 0. The van der Waals surface area contributed by atoms with Crippen molar-refractivity contribution in [2.75, 3.05) is 0 Å². The number of benzene rings is 1. The van der Waals surface area contributed by atoms with Crippen LogP contribution in [0.2, 0.25) is 0 Å². The third-order valence-electron chi connectivity index (χ3n) is 2.84. The van der Waals surface area contributed by atoms with E-state index in [4.69, 9.17) is 9.52 Å². The van der Waals surface area contributed by atoms with Gasteiger partial charge in [-0.3, -0.25) is 4.79 Å². The van der Waals surface area contributed by atoms with Crippen molar-refractivity contribution >= 4 is 17.1 Å². The Balaban J connectivity index is 2.36. The van der Waals surface area contributed by atoms with Gasteiger partial charge in [-0.2, -0.15) is 0 Å². The SMILES string of the molecule is CC(C(=O)O)C(C)c1nc2ccccc2o1. The molecule has 1 aromatic heterocycles. The lowest BCUT2D eigenvalue weighted by Gasteiger charge is -2.11. The molecule has 0 radical (unpaired) electrons. The van der Waals surface area contributed by atoms with E-state index in [1.807, 2.05) is 31.2 Å². The zero-order valence-electron chi connectivity index (χ0n) is 9.18. The van der Waals surface area contributed by atoms with Crippen LogP contribution in [0.15, 0.2) is 28.7 Å². The first-order chi connectivity index (χ1) is 7.59. The van der Waals surface area contributed by atoms with Gasteiger partial charge >= 0.3 is 5.97 Å². The molecule has 84 valence electrons. The number of hydrogen-bond donors (Lipinski definition) is 1. The molecule has 1 N–H and O–H groups in total. The normalized spacial score (nSPS) is 14.9. The smallest absolute Gasteiger partial charge is 0.307 e. The molecular weight excluding hydrogens is 206 g/mol. The standard InChI is InChI=1S/C12H13NO3/c1-7(8(2)12(14)15)11-13-9-5-3-4-6-10(9)16-11/h3-8H,1-2H3,(H,14,15). The van der Waals surface area contributed by atoms with Crippen LogP contribution in [0.3, 0.4) is 0 Å². The molecule has 1 aromatic carbocycles. The average Bonchev–Trinajstić information content (AvgIpc) is 2.70. The molecule has 2 unspecified atom stereocenters. The number of aliphatic carboxylic acids is 1. The maximum absolute atomic E-state index is 10.9. The number of oxazole rings is 1. The number of fused-ring (bicyclic) bond motifs is 1. The van der Waals surface area contributed by atoms with Crippen LogP contribution >= 0.6 is 0 Å². The first kappa shape index (κ1) is 10.7. The maximum atomic E-state index is 10.9. The molecule has 0 bridgehead atoms. The summed E-state index contributed by atoms with van der Waals surface area (Å²) in [5.74, 6) is -1.09. The molecule has 0 fully saturated rings. The van der Waals surface area contributed by atoms with Gasteiger partial charge in [0.2, 0.25) is 0 Å². The summed E-state index contributed by atoms with van der Waals surface area (Å²) in [6.45, 7) is 3.46. The Bertz CT molecular complexity index is 485. The molecule has 0 aliphatic heterocycles. The van der Waals surface area contributed by atoms with Gasteiger partial charge in [-0.15, -0.1) is 0 Å². The van der Waals surface area contributed by atoms with Gasteiger partial charge < -0.3 is 9.52 Å². The third kappa shape index (κ3) is 1.78. The minimum absolute atomic E-state index is 0.232. The Labute approximate surface area is 92.9 Å². The molecule has 16 heavy (non-hydrogen) atoms. The van der Waals surface area contributed by atoms with Crippen molar-refractivity contribution in [3.63, 3.8) is 0 Å². The average molecular weight is 219 g/mol. The van der Waals surface area contributed by atoms with E-state index >= 15 is 0 Å². The second-order valence-corrected chi connectivity index (χ2v) is 3.94. The number of carboxylic acids is 1. The lowest BCUT2D eigenvalue weighted by atomic mass is 9.96. The molecule has 4 heteroatoms. The zero-order chi connectivity index (χ0) is 11.7. The van der Waals surface area contributed by atoms with Crippen LogP contribution in [-0.2, 0) is 4.79 Å². The highest BCUT2D eigenvalue weighted by atomic mass is 16.4. The molecule has 4 nitrogen and oxygen atoms in total. The second kappa shape index (κ2) is 3.96. The van der Waals surface area contributed by atoms with Crippen molar-refractivity contribution < 1.29 is 14.3 Å². The zero-order valence-corrected chi connectivity index (χ0v) is 9.18. The summed E-state index contributed by atoms with van der Waals surface area (Å²) in [5, 5.41) is 8.92. The topological polar surface area (TPSA) is 63.3 Å². The summed E-state index contributed by atoms with van der Waals surface area (Å²) in [6, 6.07) is 7.41. The Morgan fingerprint density at radius 1 is 1.38 bits per heavy atom. The minimum Gasteiger partial charge on any atom is -0.481 e. The molecule has 1 heterocycles. The van der Waals surface area contributed by atoms with Crippen molar-refractivity contribution in [2.24, 2.45) is 5.92 Å². The van der Waals surface area contributed by atoms with Gasteiger partial charge in [0.05, 0.1) is 5.92 Å². The van der Waals surface area contributed by atoms with Crippen LogP contribution in [0.5, 0.6) is 0 Å². The van der Waals surface area contributed by atoms with E-state index in [9.17, 15) is 4.79 Å². The molecule has 2 atom stereocenters. The Kier molecular flexibility index (Phi) is 2.64. The number of para-hydroxylation sites is 2. The van der Waals surface area contributed by atoms with E-state index < -0.39 is 11.9 Å². The fourth-order valence-electron chi connectivity index (χ4n) is 1.51. The number of carbonyl (C=O) groups is 1. The number of carboxylic acid groups (broad SMARTS) is 1. The van der Waals surface area contributed by atoms with Crippen molar-refractivity contribution in [1.29, 1.82) is 0 Å². The molecule has 0 saturated heterocycles. The highest BCUT2D eigenvalue weighted by Gasteiger charge is 2.25. The predicted octanol–water partition coefficient (Wildman–Crippen LogP) is 2.65. The lowest BCUT2D eigenvalue weighted by molar-refractivity contribution is -0.141. The summed E-state index contributed by atoms with van der Waals surface area (Å²) < 4.78 is 5.53. The van der Waals surface area contributed by atoms with Gasteiger partial charge in [-0.1, -0.05) is 26.0 Å². The molecule has 0 saturated carbocycles. The number of rotatable bonds is 3. The Hall–Kier alpha value is -1.84. The molecule has 2 rings (SSSR count). The van der Waals surface area contributed by atoms with E-state index in [1.165, 1.54) is 0 Å². The fraction of sp³-hybridized carbons (Fsp3) is 0.333. The van der Waals surface area contributed by atoms with Crippen molar-refractivity contribution in [3.8, 4) is 0 Å². The molecule has 0 aliphatic rings. The summed E-state index contributed by atoms with van der Waals surface area (Å²) in [6.07, 6.45) is 0. The second-order valence-electron chi connectivity index (χ2n) is 3.94. The number of nitrogens with zero attached hydrogens (tertiary/aromatic N) is 1. The van der Waals surface area contributed by atoms with E-state index in [-0.39, 0.29) is 5.92 Å². The third-order valence-corrected chi connectivity index (χ3v) is 2.84. The first-order valence-electron chi connectivity index (χ1n) is 5.18. The molecule has 0 aliphatic carbocycles. The largest absolute Gasteiger partial charge is 0.481 e. The van der Waals surface area contributed by atoms with Crippen molar-refractivity contribution in [3.05, 3.63) is 30.2 Å². The maximum Gasteiger partial charge on any atom is 0.307 e. The molecule has 0 spiro atoms. The molecule has 2 aromatic rings. The summed E-state index contributed by atoms with van der Waals surface area (Å²) >= 11 is 0. The number of hydrogen-bond acceptors (Lipinski definition) is 3. The lowest BCUT2D eigenvalue weighted by Crippen LogP contribution is -2.16. The first-order valence-corrected chi connectivity index (χ1v) is 5.18. The summed E-state index contributed by atoms with van der Waals surface area (Å²) in [4.78, 5) is 15.1. The van der Waals surface area contributed by atoms with Crippen LogP contribution in [0.1, 0.15) is 25.7 Å². The van der Waals surface area contributed by atoms with Crippen LogP contribution in [0.25, 0.3) is 11.1 Å². The fourth-order valence-corrected chi connectivity index (χ4v) is 1.51. The van der Waals surface area contributed by atoms with E-state index in [1.54, 1.807) is 6.92 Å². The minimum atomic E-state index is -0.838. The van der Waals surface area contributed by atoms with E-state index in [2.05, 4.69) is 4.98 Å². The van der Waals surface area contributed by atoms with Crippen molar-refractivity contribution in [2.45, 2.75) is 19.8 Å². The van der Waals surface area contributed by atoms with E-state index in [0.29, 0.717) is 11.5 Å². The highest BCUT2D eigenvalue weighted by molar-refractivity contribution is 5.73. The van der Waals surface area contributed by atoms with Gasteiger partial charge in [0, 0.05) is 5.92 Å². The van der Waals surface area contributed by atoms with Gasteiger partial charge in [0.25, 0.3) is 0 Å². The van der Waals surface area contributed by atoms with Gasteiger partial charge in [-0.05, 0) is 12.1 Å². The Morgan fingerprint density at radius 3 is 2.69 bits per heavy atom. The van der Waals surface area contributed by atoms with Crippen LogP contribution < -0.4 is 0 Å². The molecular formula is C12H13NO3. The predicted molar refractivity (Wildman–Crippen MR) is 59.2 cm³/mol. The van der Waals surface area contributed by atoms with Gasteiger partial charge in [0.1, 0.15) is 5.52 Å². The molecule has 0 amide bonds. The van der Waals surface area contributed by atoms with Gasteiger partial charge in [0.15, 0.2) is 11.5 Å². The highest BCUT2D eigenvalue weighted by Crippen LogP contribution is 2.26. The van der Waals surface area contributed by atoms with Crippen molar-refractivity contribution in [1.82, 2.24) is 4.98 Å². The summed E-state index contributed by atoms with van der Waals surface area (Å²) in [5.41, 5.74) is 1.46. The monoisotopic (exact) mass is 219 g/mol. The number of aromatic nitrogens is 1. The Morgan fingerprint density at radius 2 is 2.06 bits per heavy atom. The van der Waals surface area contributed by atoms with Gasteiger partial charge in [-0.25, -0.2) is 4.98 Å².